The Morgan fingerprint density at radius 3 is 2.31 bits per heavy atom. The summed E-state index contributed by atoms with van der Waals surface area (Å²) in [4.78, 5) is 26.8. The quantitative estimate of drug-likeness (QED) is 0.292. The van der Waals surface area contributed by atoms with E-state index in [0.29, 0.717) is 21.7 Å². The molecule has 4 rings (SSSR count). The maximum atomic E-state index is 13.0. The fraction of sp³-hybridized carbons (Fsp3) is 0.0833. The molecule has 0 N–H and O–H groups in total. The average molecular weight is 577 g/mol. The van der Waals surface area contributed by atoms with Gasteiger partial charge in [-0.2, -0.15) is 0 Å². The molecule has 0 saturated carbocycles. The van der Waals surface area contributed by atoms with Gasteiger partial charge in [0, 0.05) is 4.47 Å². The summed E-state index contributed by atoms with van der Waals surface area (Å²) in [6, 6.07) is 19.0. The molecule has 1 fully saturated rings. The molecule has 1 aliphatic rings. The van der Waals surface area contributed by atoms with Crippen LogP contribution in [0.25, 0.3) is 6.08 Å². The third-order valence-corrected chi connectivity index (χ3v) is 6.74. The number of benzene rings is 3. The summed E-state index contributed by atoms with van der Waals surface area (Å²) in [6.45, 7) is 0.530. The number of amides is 2. The van der Waals surface area contributed by atoms with Crippen LogP contribution in [0.5, 0.6) is 5.75 Å². The summed E-state index contributed by atoms with van der Waals surface area (Å²) in [5.74, 6) is 0.0195. The fourth-order valence-electron chi connectivity index (χ4n) is 3.03. The van der Waals surface area contributed by atoms with Crippen molar-refractivity contribution in [3.05, 3.63) is 103 Å². The molecule has 0 unspecified atom stereocenters. The molecule has 3 aromatic carbocycles. The average Bonchev–Trinajstić information content (AvgIpc) is 3.03. The van der Waals surface area contributed by atoms with Gasteiger partial charge < -0.3 is 4.74 Å². The molecular weight excluding hydrogens is 561 g/mol. The van der Waals surface area contributed by atoms with Crippen molar-refractivity contribution < 1.29 is 18.7 Å². The maximum absolute atomic E-state index is 13.0. The zero-order chi connectivity index (χ0) is 22.7. The van der Waals surface area contributed by atoms with Gasteiger partial charge in [0.15, 0.2) is 0 Å². The van der Waals surface area contributed by atoms with Crippen LogP contribution in [0, 0.1) is 5.82 Å². The van der Waals surface area contributed by atoms with E-state index in [1.807, 2.05) is 36.4 Å². The highest BCUT2D eigenvalue weighted by atomic mass is 79.9. The third kappa shape index (κ3) is 5.49. The first-order valence-corrected chi connectivity index (χ1v) is 12.0. The third-order valence-electron chi connectivity index (χ3n) is 4.69. The van der Waals surface area contributed by atoms with E-state index in [0.717, 1.165) is 32.9 Å². The van der Waals surface area contributed by atoms with Crippen LogP contribution in [-0.4, -0.2) is 16.0 Å². The molecule has 162 valence electrons. The number of nitrogens with zero attached hydrogens (tertiary/aromatic N) is 1. The van der Waals surface area contributed by atoms with E-state index in [1.54, 1.807) is 24.3 Å². The molecule has 0 radical (unpaired) electrons. The van der Waals surface area contributed by atoms with Crippen LogP contribution in [0.4, 0.5) is 9.18 Å². The van der Waals surface area contributed by atoms with Gasteiger partial charge in [0.05, 0.1) is 15.9 Å². The van der Waals surface area contributed by atoms with E-state index >= 15 is 0 Å². The molecule has 1 saturated heterocycles. The SMILES string of the molecule is O=C1S/C(=C\c2ccc(OCc3ccc(F)cc3)c(Br)c2)C(=O)N1Cc1ccc(Br)cc1. The Morgan fingerprint density at radius 2 is 1.62 bits per heavy atom. The lowest BCUT2D eigenvalue weighted by Gasteiger charge is -2.12. The normalized spacial score (nSPS) is 15.0. The molecule has 4 nitrogen and oxygen atoms in total. The van der Waals surface area contributed by atoms with Crippen LogP contribution < -0.4 is 4.74 Å². The second kappa shape index (κ2) is 10.0. The van der Waals surface area contributed by atoms with Crippen LogP contribution in [0.1, 0.15) is 16.7 Å². The van der Waals surface area contributed by atoms with Gasteiger partial charge in [-0.05, 0) is 86.9 Å². The first kappa shape index (κ1) is 22.8. The number of thioether (sulfide) groups is 1. The van der Waals surface area contributed by atoms with Gasteiger partial charge in [-0.25, -0.2) is 4.39 Å². The summed E-state index contributed by atoms with van der Waals surface area (Å²) in [6.07, 6.45) is 1.70. The van der Waals surface area contributed by atoms with Crippen molar-refractivity contribution in [1.29, 1.82) is 0 Å². The van der Waals surface area contributed by atoms with Crippen molar-refractivity contribution >= 4 is 60.8 Å². The Kier molecular flexibility index (Phi) is 7.13. The molecule has 0 atom stereocenters. The topological polar surface area (TPSA) is 46.6 Å². The number of carbonyl (C=O) groups excluding carboxylic acids is 2. The van der Waals surface area contributed by atoms with Gasteiger partial charge in [0.2, 0.25) is 0 Å². The summed E-state index contributed by atoms with van der Waals surface area (Å²) < 4.78 is 20.5. The second-order valence-corrected chi connectivity index (χ2v) is 9.76. The number of hydrogen-bond donors (Lipinski definition) is 0. The van der Waals surface area contributed by atoms with Crippen LogP contribution in [0.15, 0.2) is 80.6 Å². The summed E-state index contributed by atoms with van der Waals surface area (Å²) in [5, 5.41) is -0.289. The monoisotopic (exact) mass is 575 g/mol. The molecule has 8 heteroatoms. The minimum absolute atomic E-state index is 0.231. The highest BCUT2D eigenvalue weighted by Gasteiger charge is 2.35. The van der Waals surface area contributed by atoms with E-state index in [2.05, 4.69) is 31.9 Å². The first-order chi connectivity index (χ1) is 15.4. The molecule has 1 aliphatic heterocycles. The molecule has 0 spiro atoms. The fourth-order valence-corrected chi connectivity index (χ4v) is 4.64. The Balaban J connectivity index is 1.44. The number of carbonyl (C=O) groups is 2. The standard InChI is InChI=1S/C24H16Br2FNO3S/c25-18-6-1-15(2-7-18)13-28-23(29)22(32-24(28)30)12-17-5-10-21(20(26)11-17)31-14-16-3-8-19(27)9-4-16/h1-12H,13-14H2/b22-12-. The maximum Gasteiger partial charge on any atom is 0.293 e. The van der Waals surface area contributed by atoms with Gasteiger partial charge in [0.1, 0.15) is 18.2 Å². The van der Waals surface area contributed by atoms with Crippen molar-refractivity contribution in [2.75, 3.05) is 0 Å². The van der Waals surface area contributed by atoms with Crippen LogP contribution in [0.3, 0.4) is 0 Å². The first-order valence-electron chi connectivity index (χ1n) is 9.55. The Hall–Kier alpha value is -2.42. The number of halogens is 3. The number of rotatable bonds is 6. The molecule has 32 heavy (non-hydrogen) atoms. The van der Waals surface area contributed by atoms with Crippen molar-refractivity contribution in [1.82, 2.24) is 4.90 Å². The van der Waals surface area contributed by atoms with E-state index in [-0.39, 0.29) is 23.5 Å². The lowest BCUT2D eigenvalue weighted by Crippen LogP contribution is -2.27. The number of ether oxygens (including phenoxy) is 1. The van der Waals surface area contributed by atoms with Crippen molar-refractivity contribution in [2.24, 2.45) is 0 Å². The molecule has 0 aromatic heterocycles. The Labute approximate surface area is 205 Å². The lowest BCUT2D eigenvalue weighted by atomic mass is 10.2. The zero-order valence-corrected chi connectivity index (χ0v) is 20.5. The van der Waals surface area contributed by atoms with Gasteiger partial charge in [0.25, 0.3) is 11.1 Å². The van der Waals surface area contributed by atoms with E-state index in [9.17, 15) is 14.0 Å². The minimum Gasteiger partial charge on any atom is -0.488 e. The smallest absolute Gasteiger partial charge is 0.293 e. The van der Waals surface area contributed by atoms with Gasteiger partial charge in [-0.3, -0.25) is 14.5 Å². The predicted molar refractivity (Wildman–Crippen MR) is 131 cm³/mol. The van der Waals surface area contributed by atoms with Crippen LogP contribution in [0.2, 0.25) is 0 Å². The van der Waals surface area contributed by atoms with E-state index < -0.39 is 0 Å². The summed E-state index contributed by atoms with van der Waals surface area (Å²) in [7, 11) is 0. The Morgan fingerprint density at radius 1 is 0.938 bits per heavy atom. The highest BCUT2D eigenvalue weighted by molar-refractivity contribution is 9.10. The molecule has 3 aromatic rings. The van der Waals surface area contributed by atoms with Crippen molar-refractivity contribution in [3.63, 3.8) is 0 Å². The van der Waals surface area contributed by atoms with Gasteiger partial charge in [-0.1, -0.05) is 46.3 Å². The number of hydrogen-bond acceptors (Lipinski definition) is 4. The van der Waals surface area contributed by atoms with Crippen LogP contribution in [-0.2, 0) is 17.9 Å². The van der Waals surface area contributed by atoms with Gasteiger partial charge in [-0.15, -0.1) is 0 Å². The van der Waals surface area contributed by atoms with Crippen LogP contribution >= 0.6 is 43.6 Å². The molecule has 1 heterocycles. The molecule has 0 aliphatic carbocycles. The predicted octanol–water partition coefficient (Wildman–Crippen LogP) is 7.17. The zero-order valence-electron chi connectivity index (χ0n) is 16.6. The summed E-state index contributed by atoms with van der Waals surface area (Å²) >= 11 is 7.79. The largest absolute Gasteiger partial charge is 0.488 e. The number of imide groups is 1. The second-order valence-electron chi connectivity index (χ2n) is 7.00. The molecule has 0 bridgehead atoms. The lowest BCUT2D eigenvalue weighted by molar-refractivity contribution is -0.123. The van der Waals surface area contributed by atoms with E-state index in [1.165, 1.54) is 17.0 Å². The van der Waals surface area contributed by atoms with Crippen molar-refractivity contribution in [2.45, 2.75) is 13.2 Å². The Bertz CT molecular complexity index is 1200. The summed E-state index contributed by atoms with van der Waals surface area (Å²) in [5.41, 5.74) is 2.49. The molecule has 2 amide bonds. The highest BCUT2D eigenvalue weighted by Crippen LogP contribution is 2.35. The molecular formula is C24H16Br2FNO3S. The van der Waals surface area contributed by atoms with Crippen molar-refractivity contribution in [3.8, 4) is 5.75 Å². The minimum atomic E-state index is -0.310. The van der Waals surface area contributed by atoms with E-state index in [4.69, 9.17) is 4.74 Å². The van der Waals surface area contributed by atoms with Gasteiger partial charge >= 0.3 is 0 Å².